The summed E-state index contributed by atoms with van der Waals surface area (Å²) >= 11 is 1.41. The Bertz CT molecular complexity index is 793. The fourth-order valence-electron chi connectivity index (χ4n) is 2.56. The summed E-state index contributed by atoms with van der Waals surface area (Å²) in [5, 5.41) is 20.8. The molecule has 1 saturated heterocycles. The number of nitrogens with one attached hydrogen (secondary N) is 1. The van der Waals surface area contributed by atoms with Crippen LogP contribution in [0.4, 0.5) is 0 Å². The molecule has 22 heavy (non-hydrogen) atoms. The van der Waals surface area contributed by atoms with Gasteiger partial charge in [0.05, 0.1) is 18.3 Å². The van der Waals surface area contributed by atoms with Crippen LogP contribution in [0.25, 0.3) is 10.4 Å². The molecule has 7 nitrogen and oxygen atoms in total. The van der Waals surface area contributed by atoms with Crippen molar-refractivity contribution in [3.8, 4) is 10.4 Å². The van der Waals surface area contributed by atoms with Gasteiger partial charge in [-0.15, -0.1) is 11.3 Å². The van der Waals surface area contributed by atoms with Gasteiger partial charge in [-0.1, -0.05) is 0 Å². The maximum absolute atomic E-state index is 12.1. The molecule has 0 amide bonds. The van der Waals surface area contributed by atoms with Crippen LogP contribution in [0.5, 0.6) is 0 Å². The van der Waals surface area contributed by atoms with Gasteiger partial charge in [-0.3, -0.25) is 14.3 Å². The lowest BCUT2D eigenvalue weighted by atomic mass is 10.2. The van der Waals surface area contributed by atoms with E-state index in [1.807, 2.05) is 18.4 Å². The van der Waals surface area contributed by atoms with Gasteiger partial charge in [-0.25, -0.2) is 4.79 Å². The number of aliphatic hydroxyl groups is 2. The lowest BCUT2D eigenvalue weighted by molar-refractivity contribution is -0.0458. The second kappa shape index (κ2) is 5.81. The Hall–Kier alpha value is -1.74. The number of thiophene rings is 1. The normalized spacial score (nSPS) is 24.8. The number of nitrogens with zero attached hydrogens (tertiary/aromatic N) is 1. The van der Waals surface area contributed by atoms with Crippen LogP contribution >= 0.6 is 11.3 Å². The quantitative estimate of drug-likeness (QED) is 0.749. The zero-order valence-corrected chi connectivity index (χ0v) is 12.7. The summed E-state index contributed by atoms with van der Waals surface area (Å²) in [6.45, 7) is 1.56. The van der Waals surface area contributed by atoms with Crippen LogP contribution in [0.2, 0.25) is 0 Å². The molecule has 1 aliphatic rings. The first-order valence-corrected chi connectivity index (χ1v) is 7.73. The molecule has 0 aromatic carbocycles. The highest BCUT2D eigenvalue weighted by Crippen LogP contribution is 2.30. The second-order valence-electron chi connectivity index (χ2n) is 5.26. The van der Waals surface area contributed by atoms with E-state index in [1.54, 1.807) is 0 Å². The topological polar surface area (TPSA) is 105 Å². The van der Waals surface area contributed by atoms with Crippen molar-refractivity contribution in [2.24, 2.45) is 0 Å². The molecule has 3 rings (SSSR count). The Balaban J connectivity index is 2.05. The maximum atomic E-state index is 12.1. The van der Waals surface area contributed by atoms with Gasteiger partial charge in [0.15, 0.2) is 0 Å². The first kappa shape index (κ1) is 15.2. The molecule has 2 aromatic rings. The number of rotatable bonds is 3. The van der Waals surface area contributed by atoms with E-state index in [1.165, 1.54) is 22.1 Å². The predicted molar refractivity (Wildman–Crippen MR) is 81.0 cm³/mol. The molecule has 3 N–H and O–H groups in total. The molecule has 3 atom stereocenters. The second-order valence-corrected chi connectivity index (χ2v) is 6.17. The number of aromatic amines is 1. The number of H-pyrrole nitrogens is 1. The summed E-state index contributed by atoms with van der Waals surface area (Å²) in [6.07, 6.45) is -0.649. The van der Waals surface area contributed by atoms with Crippen molar-refractivity contribution in [3.05, 3.63) is 44.0 Å². The zero-order valence-electron chi connectivity index (χ0n) is 11.9. The van der Waals surface area contributed by atoms with Crippen LogP contribution < -0.4 is 11.2 Å². The molecular formula is C14H16N2O5S. The van der Waals surface area contributed by atoms with Gasteiger partial charge in [-0.05, 0) is 23.9 Å². The fraction of sp³-hybridized carbons (Fsp3) is 0.429. The minimum atomic E-state index is -0.847. The predicted octanol–water partition coefficient (Wildman–Crippen LogP) is 0.214. The van der Waals surface area contributed by atoms with Crippen molar-refractivity contribution < 1.29 is 14.9 Å². The maximum Gasteiger partial charge on any atom is 0.330 e. The van der Waals surface area contributed by atoms with Crippen molar-refractivity contribution in [1.29, 1.82) is 0 Å². The Kier molecular flexibility index (Phi) is 4.00. The first-order chi connectivity index (χ1) is 10.5. The summed E-state index contributed by atoms with van der Waals surface area (Å²) < 4.78 is 6.74. The molecule has 118 valence electrons. The molecule has 3 heterocycles. The van der Waals surface area contributed by atoms with Crippen molar-refractivity contribution in [3.63, 3.8) is 0 Å². The monoisotopic (exact) mass is 324 g/mol. The SMILES string of the molecule is Cc1ccsc1-c1cn([C@H]2C[C@H](O)[C@@H](CO)O2)c(=O)[nH]c1=O. The van der Waals surface area contributed by atoms with E-state index < -0.39 is 29.7 Å². The summed E-state index contributed by atoms with van der Waals surface area (Å²) in [5.74, 6) is 0. The number of aromatic nitrogens is 2. The molecule has 0 radical (unpaired) electrons. The van der Waals surface area contributed by atoms with E-state index >= 15 is 0 Å². The Morgan fingerprint density at radius 3 is 2.86 bits per heavy atom. The molecule has 8 heteroatoms. The van der Waals surface area contributed by atoms with Gasteiger partial charge in [0.2, 0.25) is 0 Å². The number of aliphatic hydroxyl groups excluding tert-OH is 2. The third-order valence-corrected chi connectivity index (χ3v) is 4.82. The van der Waals surface area contributed by atoms with E-state index in [2.05, 4.69) is 4.98 Å². The highest BCUT2D eigenvalue weighted by molar-refractivity contribution is 7.13. The fourth-order valence-corrected chi connectivity index (χ4v) is 3.49. The Labute approximate surface area is 129 Å². The molecule has 0 bridgehead atoms. The Morgan fingerprint density at radius 1 is 1.50 bits per heavy atom. The van der Waals surface area contributed by atoms with Crippen LogP contribution in [0.3, 0.4) is 0 Å². The zero-order chi connectivity index (χ0) is 15.9. The number of hydrogen-bond donors (Lipinski definition) is 3. The van der Waals surface area contributed by atoms with Crippen molar-refractivity contribution in [2.75, 3.05) is 6.61 Å². The molecule has 0 unspecified atom stereocenters. The average Bonchev–Trinajstić information content (AvgIpc) is 3.05. The number of aryl methyl sites for hydroxylation is 1. The van der Waals surface area contributed by atoms with Crippen LogP contribution in [-0.4, -0.2) is 38.6 Å². The molecule has 0 aliphatic carbocycles. The average molecular weight is 324 g/mol. The largest absolute Gasteiger partial charge is 0.394 e. The highest BCUT2D eigenvalue weighted by atomic mass is 32.1. The van der Waals surface area contributed by atoms with Crippen molar-refractivity contribution in [2.45, 2.75) is 31.8 Å². The Morgan fingerprint density at radius 2 is 2.27 bits per heavy atom. The third kappa shape index (κ3) is 2.54. The molecule has 2 aromatic heterocycles. The van der Waals surface area contributed by atoms with Crippen LogP contribution in [-0.2, 0) is 4.74 Å². The number of ether oxygens (including phenoxy) is 1. The molecule has 1 fully saturated rings. The lowest BCUT2D eigenvalue weighted by Crippen LogP contribution is -2.33. The van der Waals surface area contributed by atoms with E-state index in [9.17, 15) is 14.7 Å². The summed E-state index contributed by atoms with van der Waals surface area (Å²) in [6, 6.07) is 1.90. The molecule has 1 aliphatic heterocycles. The van der Waals surface area contributed by atoms with Gasteiger partial charge in [-0.2, -0.15) is 0 Å². The van der Waals surface area contributed by atoms with Gasteiger partial charge < -0.3 is 14.9 Å². The van der Waals surface area contributed by atoms with E-state index in [4.69, 9.17) is 9.84 Å². The van der Waals surface area contributed by atoms with Crippen LogP contribution in [0.15, 0.2) is 27.2 Å². The van der Waals surface area contributed by atoms with E-state index in [0.29, 0.717) is 5.56 Å². The minimum absolute atomic E-state index is 0.181. The van der Waals surface area contributed by atoms with Crippen LogP contribution in [0.1, 0.15) is 18.2 Å². The molecule has 0 spiro atoms. The summed E-state index contributed by atoms with van der Waals surface area (Å²) in [7, 11) is 0. The summed E-state index contributed by atoms with van der Waals surface area (Å²) in [5.41, 5.74) is 0.279. The molecular weight excluding hydrogens is 308 g/mol. The van der Waals surface area contributed by atoms with E-state index in [-0.39, 0.29) is 13.0 Å². The van der Waals surface area contributed by atoms with Gasteiger partial charge >= 0.3 is 5.69 Å². The van der Waals surface area contributed by atoms with Gasteiger partial charge in [0.1, 0.15) is 12.3 Å². The van der Waals surface area contributed by atoms with Crippen molar-refractivity contribution in [1.82, 2.24) is 9.55 Å². The minimum Gasteiger partial charge on any atom is -0.394 e. The standard InChI is InChI=1S/C14H16N2O5S/c1-7-2-3-22-12(7)8-5-16(14(20)15-13(8)19)11-4-9(18)10(6-17)21-11/h2-3,5,9-11,17-18H,4,6H2,1H3,(H,15,19,20)/t9-,10+,11+/m0/s1. The smallest absolute Gasteiger partial charge is 0.330 e. The first-order valence-electron chi connectivity index (χ1n) is 6.85. The van der Waals surface area contributed by atoms with E-state index in [0.717, 1.165) is 10.4 Å². The highest BCUT2D eigenvalue weighted by Gasteiger charge is 2.35. The van der Waals surface area contributed by atoms with Crippen LogP contribution in [0, 0.1) is 6.92 Å². The lowest BCUT2D eigenvalue weighted by Gasteiger charge is -2.15. The number of hydrogen-bond acceptors (Lipinski definition) is 6. The van der Waals surface area contributed by atoms with Crippen molar-refractivity contribution >= 4 is 11.3 Å². The van der Waals surface area contributed by atoms with Gasteiger partial charge in [0, 0.05) is 17.5 Å². The third-order valence-electron chi connectivity index (χ3n) is 3.77. The van der Waals surface area contributed by atoms with Gasteiger partial charge in [0.25, 0.3) is 5.56 Å². The molecule has 0 saturated carbocycles. The summed E-state index contributed by atoms with van der Waals surface area (Å²) in [4.78, 5) is 27.1.